The molecule has 0 aliphatic carbocycles. The molecule has 2 rings (SSSR count). The van der Waals surface area contributed by atoms with Crippen molar-refractivity contribution in [3.63, 3.8) is 0 Å². The third kappa shape index (κ3) is 5.38. The SMILES string of the molecule is CCCNCc1ccc(F)c(CN2CCCN(C)CC2)c1. The van der Waals surface area contributed by atoms with Gasteiger partial charge in [-0.15, -0.1) is 0 Å². The van der Waals surface area contributed by atoms with E-state index in [9.17, 15) is 4.39 Å². The number of nitrogens with one attached hydrogen (secondary N) is 1. The Labute approximate surface area is 128 Å². The summed E-state index contributed by atoms with van der Waals surface area (Å²) in [7, 11) is 2.16. The summed E-state index contributed by atoms with van der Waals surface area (Å²) in [6.07, 6.45) is 2.28. The smallest absolute Gasteiger partial charge is 0.127 e. The van der Waals surface area contributed by atoms with Crippen molar-refractivity contribution < 1.29 is 4.39 Å². The molecule has 21 heavy (non-hydrogen) atoms. The topological polar surface area (TPSA) is 18.5 Å². The maximum Gasteiger partial charge on any atom is 0.127 e. The molecule has 1 aromatic carbocycles. The van der Waals surface area contributed by atoms with E-state index in [2.05, 4.69) is 29.1 Å². The molecular weight excluding hydrogens is 265 g/mol. The number of halogens is 1. The van der Waals surface area contributed by atoms with E-state index in [1.807, 2.05) is 12.1 Å². The first kappa shape index (κ1) is 16.4. The van der Waals surface area contributed by atoms with Gasteiger partial charge in [0, 0.05) is 31.7 Å². The van der Waals surface area contributed by atoms with E-state index < -0.39 is 0 Å². The summed E-state index contributed by atoms with van der Waals surface area (Å²) in [5.74, 6) is -0.0770. The van der Waals surface area contributed by atoms with Gasteiger partial charge >= 0.3 is 0 Å². The molecule has 1 aliphatic heterocycles. The average Bonchev–Trinajstić information content (AvgIpc) is 2.67. The van der Waals surface area contributed by atoms with E-state index in [1.54, 1.807) is 6.07 Å². The second-order valence-corrected chi connectivity index (χ2v) is 6.04. The van der Waals surface area contributed by atoms with Crippen LogP contribution in [0.25, 0.3) is 0 Å². The lowest BCUT2D eigenvalue weighted by molar-refractivity contribution is 0.266. The van der Waals surface area contributed by atoms with Gasteiger partial charge in [0.15, 0.2) is 0 Å². The standard InChI is InChI=1S/C17H28FN3/c1-3-7-19-13-15-5-6-17(18)16(12-15)14-21-9-4-8-20(2)10-11-21/h5-6,12,19H,3-4,7-11,13-14H2,1-2H3. The van der Waals surface area contributed by atoms with E-state index in [-0.39, 0.29) is 5.82 Å². The molecule has 0 amide bonds. The molecule has 0 radical (unpaired) electrons. The molecule has 1 fully saturated rings. The minimum Gasteiger partial charge on any atom is -0.313 e. The van der Waals surface area contributed by atoms with Gasteiger partial charge in [0.05, 0.1) is 0 Å². The van der Waals surface area contributed by atoms with Gasteiger partial charge in [-0.1, -0.05) is 19.1 Å². The molecule has 3 nitrogen and oxygen atoms in total. The largest absolute Gasteiger partial charge is 0.313 e. The minimum absolute atomic E-state index is 0.0770. The number of likely N-dealkylation sites (N-methyl/N-ethyl adjacent to an activating group) is 1. The van der Waals surface area contributed by atoms with Crippen molar-refractivity contribution in [2.45, 2.75) is 32.9 Å². The Bertz CT molecular complexity index is 436. The number of nitrogens with zero attached hydrogens (tertiary/aromatic N) is 2. The van der Waals surface area contributed by atoms with Crippen molar-refractivity contribution in [3.8, 4) is 0 Å². The first-order chi connectivity index (χ1) is 10.2. The van der Waals surface area contributed by atoms with Crippen LogP contribution < -0.4 is 5.32 Å². The van der Waals surface area contributed by atoms with Crippen molar-refractivity contribution in [1.82, 2.24) is 15.1 Å². The summed E-state index contributed by atoms with van der Waals surface area (Å²) >= 11 is 0. The van der Waals surface area contributed by atoms with Crippen molar-refractivity contribution in [2.75, 3.05) is 39.8 Å². The zero-order valence-electron chi connectivity index (χ0n) is 13.4. The minimum atomic E-state index is -0.0770. The van der Waals surface area contributed by atoms with Crippen LogP contribution in [0, 0.1) is 5.82 Å². The second-order valence-electron chi connectivity index (χ2n) is 6.04. The van der Waals surface area contributed by atoms with Crippen molar-refractivity contribution in [1.29, 1.82) is 0 Å². The summed E-state index contributed by atoms with van der Waals surface area (Å²) in [6, 6.07) is 5.52. The van der Waals surface area contributed by atoms with E-state index in [0.29, 0.717) is 0 Å². The Morgan fingerprint density at radius 3 is 2.86 bits per heavy atom. The van der Waals surface area contributed by atoms with Crippen LogP contribution in [0.4, 0.5) is 4.39 Å². The number of hydrogen-bond acceptors (Lipinski definition) is 3. The zero-order chi connectivity index (χ0) is 15.1. The van der Waals surface area contributed by atoms with Gasteiger partial charge in [-0.25, -0.2) is 4.39 Å². The number of benzene rings is 1. The van der Waals surface area contributed by atoms with E-state index >= 15 is 0 Å². The highest BCUT2D eigenvalue weighted by Crippen LogP contribution is 2.14. The van der Waals surface area contributed by atoms with Crippen LogP contribution in [-0.4, -0.2) is 49.6 Å². The molecule has 0 bridgehead atoms. The van der Waals surface area contributed by atoms with E-state index in [4.69, 9.17) is 0 Å². The van der Waals surface area contributed by atoms with Gasteiger partial charge in [-0.2, -0.15) is 0 Å². The molecule has 0 atom stereocenters. The Balaban J connectivity index is 1.96. The normalized spacial score (nSPS) is 17.9. The van der Waals surface area contributed by atoms with Gasteiger partial charge < -0.3 is 10.2 Å². The van der Waals surface area contributed by atoms with E-state index in [0.717, 1.165) is 64.2 Å². The summed E-state index contributed by atoms with van der Waals surface area (Å²) < 4.78 is 14.0. The van der Waals surface area contributed by atoms with Crippen molar-refractivity contribution >= 4 is 0 Å². The molecule has 1 aliphatic rings. The van der Waals surface area contributed by atoms with Crippen molar-refractivity contribution in [2.24, 2.45) is 0 Å². The molecule has 1 aromatic rings. The Kier molecular flexibility index (Phi) is 6.61. The Hall–Kier alpha value is -0.970. The summed E-state index contributed by atoms with van der Waals surface area (Å²) in [4.78, 5) is 4.71. The summed E-state index contributed by atoms with van der Waals surface area (Å²) in [5.41, 5.74) is 2.00. The fraction of sp³-hybridized carbons (Fsp3) is 0.647. The lowest BCUT2D eigenvalue weighted by atomic mass is 10.1. The fourth-order valence-corrected chi connectivity index (χ4v) is 2.77. The molecule has 0 unspecified atom stereocenters. The predicted molar refractivity (Wildman–Crippen MR) is 85.8 cm³/mol. The lowest BCUT2D eigenvalue weighted by Gasteiger charge is -2.21. The molecule has 118 valence electrons. The maximum atomic E-state index is 14.0. The monoisotopic (exact) mass is 293 g/mol. The van der Waals surface area contributed by atoms with Crippen molar-refractivity contribution in [3.05, 3.63) is 35.1 Å². The molecule has 4 heteroatoms. The average molecular weight is 293 g/mol. The quantitative estimate of drug-likeness (QED) is 0.813. The summed E-state index contributed by atoms with van der Waals surface area (Å²) in [6.45, 7) is 8.99. The molecule has 1 saturated heterocycles. The molecular formula is C17H28FN3. The fourth-order valence-electron chi connectivity index (χ4n) is 2.77. The molecule has 0 spiro atoms. The zero-order valence-corrected chi connectivity index (χ0v) is 13.4. The third-order valence-corrected chi connectivity index (χ3v) is 4.07. The van der Waals surface area contributed by atoms with Gasteiger partial charge in [-0.3, -0.25) is 4.90 Å². The van der Waals surface area contributed by atoms with Crippen LogP contribution >= 0.6 is 0 Å². The van der Waals surface area contributed by atoms with Crippen LogP contribution in [0.5, 0.6) is 0 Å². The highest BCUT2D eigenvalue weighted by molar-refractivity contribution is 5.25. The summed E-state index contributed by atoms with van der Waals surface area (Å²) in [5, 5.41) is 3.37. The Morgan fingerprint density at radius 2 is 2.05 bits per heavy atom. The first-order valence-electron chi connectivity index (χ1n) is 8.08. The molecule has 1 N–H and O–H groups in total. The van der Waals surface area contributed by atoms with E-state index in [1.165, 1.54) is 5.56 Å². The van der Waals surface area contributed by atoms with Crippen LogP contribution in [0.15, 0.2) is 18.2 Å². The second kappa shape index (κ2) is 8.47. The number of hydrogen-bond donors (Lipinski definition) is 1. The highest BCUT2D eigenvalue weighted by atomic mass is 19.1. The number of rotatable bonds is 6. The van der Waals surface area contributed by atoms with Crippen LogP contribution in [-0.2, 0) is 13.1 Å². The molecule has 1 heterocycles. The maximum absolute atomic E-state index is 14.0. The lowest BCUT2D eigenvalue weighted by Crippen LogP contribution is -2.29. The van der Waals surface area contributed by atoms with Crippen LogP contribution in [0.1, 0.15) is 30.9 Å². The molecule has 0 saturated carbocycles. The van der Waals surface area contributed by atoms with Gasteiger partial charge in [0.25, 0.3) is 0 Å². The highest BCUT2D eigenvalue weighted by Gasteiger charge is 2.14. The first-order valence-corrected chi connectivity index (χ1v) is 8.08. The van der Waals surface area contributed by atoms with Gasteiger partial charge in [0.2, 0.25) is 0 Å². The van der Waals surface area contributed by atoms with Gasteiger partial charge in [-0.05, 0) is 51.2 Å². The van der Waals surface area contributed by atoms with Crippen LogP contribution in [0.2, 0.25) is 0 Å². The Morgan fingerprint density at radius 1 is 1.19 bits per heavy atom. The van der Waals surface area contributed by atoms with Crippen LogP contribution in [0.3, 0.4) is 0 Å². The van der Waals surface area contributed by atoms with Gasteiger partial charge in [0.1, 0.15) is 5.82 Å². The predicted octanol–water partition coefficient (Wildman–Crippen LogP) is 2.46. The third-order valence-electron chi connectivity index (χ3n) is 4.07. The molecule has 0 aromatic heterocycles.